The van der Waals surface area contributed by atoms with E-state index in [1.807, 2.05) is 0 Å². The first kappa shape index (κ1) is 6.77. The maximum atomic E-state index is 8.81. The fourth-order valence-electron chi connectivity index (χ4n) is 0.800. The highest BCUT2D eigenvalue weighted by molar-refractivity contribution is 14.1. The van der Waals surface area contributed by atoms with Gasteiger partial charge < -0.3 is 9.84 Å². The quantitative estimate of drug-likeness (QED) is 0.534. The second-order valence-electron chi connectivity index (χ2n) is 1.94. The lowest BCUT2D eigenvalue weighted by molar-refractivity contribution is -0.0830. The zero-order valence-electron chi connectivity index (χ0n) is 4.51. The second kappa shape index (κ2) is 2.98. The summed E-state index contributed by atoms with van der Waals surface area (Å²) < 4.78 is 6.05. The van der Waals surface area contributed by atoms with Crippen molar-refractivity contribution in [3.05, 3.63) is 0 Å². The predicted octanol–water partition coefficient (Wildman–Crippen LogP) is 0.919. The van der Waals surface area contributed by atoms with Gasteiger partial charge in [-0.05, 0) is 6.42 Å². The number of aliphatic hydroxyl groups is 1. The Bertz CT molecular complexity index is 76.8. The van der Waals surface area contributed by atoms with E-state index in [0.717, 1.165) is 17.3 Å². The summed E-state index contributed by atoms with van der Waals surface area (Å²) >= 11 is 2.26. The van der Waals surface area contributed by atoms with Gasteiger partial charge in [-0.25, -0.2) is 0 Å². The number of rotatable bonds is 1. The molecule has 0 aromatic carbocycles. The van der Waals surface area contributed by atoms with Crippen LogP contribution in [0.4, 0.5) is 0 Å². The summed E-state index contributed by atoms with van der Waals surface area (Å²) in [6, 6.07) is 0. The molecule has 1 heterocycles. The predicted molar refractivity (Wildman–Crippen MR) is 39.0 cm³/mol. The molecule has 0 amide bonds. The molecule has 1 fully saturated rings. The molecule has 3 heteroatoms. The zero-order valence-corrected chi connectivity index (χ0v) is 6.67. The summed E-state index contributed by atoms with van der Waals surface area (Å²) in [4.78, 5) is 0. The van der Waals surface area contributed by atoms with Crippen molar-refractivity contribution in [2.75, 3.05) is 4.43 Å². The van der Waals surface area contributed by atoms with Crippen LogP contribution in [0.5, 0.6) is 0 Å². The van der Waals surface area contributed by atoms with Crippen LogP contribution in [-0.2, 0) is 4.74 Å². The monoisotopic (exact) mass is 228 g/mol. The molecule has 0 bridgehead atoms. The van der Waals surface area contributed by atoms with Crippen LogP contribution in [-0.4, -0.2) is 21.9 Å². The van der Waals surface area contributed by atoms with E-state index < -0.39 is 6.29 Å². The Balaban J connectivity index is 2.22. The van der Waals surface area contributed by atoms with E-state index in [-0.39, 0.29) is 0 Å². The van der Waals surface area contributed by atoms with Gasteiger partial charge in [0.15, 0.2) is 6.29 Å². The molecule has 1 saturated heterocycles. The number of hydrogen-bond donors (Lipinski definition) is 1. The largest absolute Gasteiger partial charge is 0.368 e. The van der Waals surface area contributed by atoms with E-state index in [4.69, 9.17) is 9.84 Å². The lowest BCUT2D eigenvalue weighted by atomic mass is 10.3. The minimum atomic E-state index is -0.477. The minimum Gasteiger partial charge on any atom is -0.368 e. The first-order valence-corrected chi connectivity index (χ1v) is 4.25. The molecule has 1 aliphatic heterocycles. The first-order valence-electron chi connectivity index (χ1n) is 2.72. The molecule has 1 N–H and O–H groups in total. The van der Waals surface area contributed by atoms with E-state index in [2.05, 4.69) is 22.6 Å². The normalized spacial score (nSPS) is 38.2. The Hall–Kier alpha value is 0.650. The molecule has 0 aromatic heterocycles. The molecule has 8 heavy (non-hydrogen) atoms. The van der Waals surface area contributed by atoms with Crippen LogP contribution in [0.15, 0.2) is 0 Å². The number of halogens is 1. The van der Waals surface area contributed by atoms with Crippen molar-refractivity contribution >= 4 is 22.6 Å². The van der Waals surface area contributed by atoms with E-state index in [1.165, 1.54) is 0 Å². The van der Waals surface area contributed by atoms with E-state index in [9.17, 15) is 0 Å². The molecule has 2 atom stereocenters. The van der Waals surface area contributed by atoms with Gasteiger partial charge in [-0.2, -0.15) is 0 Å². The SMILES string of the molecule is OC1CCC(CI)O1. The fourth-order valence-corrected chi connectivity index (χ4v) is 1.45. The van der Waals surface area contributed by atoms with Crippen molar-refractivity contribution in [3.63, 3.8) is 0 Å². The Morgan fingerprint density at radius 1 is 1.62 bits per heavy atom. The van der Waals surface area contributed by atoms with Gasteiger partial charge >= 0.3 is 0 Å². The summed E-state index contributed by atoms with van der Waals surface area (Å²) in [6.07, 6.45) is 1.66. The third kappa shape index (κ3) is 1.56. The highest BCUT2D eigenvalue weighted by Crippen LogP contribution is 2.18. The van der Waals surface area contributed by atoms with Crippen molar-refractivity contribution in [2.45, 2.75) is 25.2 Å². The average Bonchev–Trinajstić information content (AvgIpc) is 2.14. The van der Waals surface area contributed by atoms with Crippen molar-refractivity contribution in [3.8, 4) is 0 Å². The maximum absolute atomic E-state index is 8.81. The Morgan fingerprint density at radius 2 is 2.38 bits per heavy atom. The molecule has 2 unspecified atom stereocenters. The third-order valence-corrected chi connectivity index (χ3v) is 2.24. The molecule has 2 nitrogen and oxygen atoms in total. The molecular formula is C5H9IO2. The highest BCUT2D eigenvalue weighted by atomic mass is 127. The fraction of sp³-hybridized carbons (Fsp3) is 1.00. The van der Waals surface area contributed by atoms with Gasteiger partial charge in [-0.15, -0.1) is 0 Å². The van der Waals surface area contributed by atoms with Crippen molar-refractivity contribution in [1.82, 2.24) is 0 Å². The van der Waals surface area contributed by atoms with Crippen LogP contribution in [0.25, 0.3) is 0 Å². The zero-order chi connectivity index (χ0) is 5.98. The first-order chi connectivity index (χ1) is 3.83. The Kier molecular flexibility index (Phi) is 2.52. The topological polar surface area (TPSA) is 29.5 Å². The molecule has 1 aliphatic rings. The molecule has 0 saturated carbocycles. The lowest BCUT2D eigenvalue weighted by Crippen LogP contribution is -2.10. The molecule has 0 aliphatic carbocycles. The van der Waals surface area contributed by atoms with Crippen molar-refractivity contribution < 1.29 is 9.84 Å². The second-order valence-corrected chi connectivity index (χ2v) is 2.83. The lowest BCUT2D eigenvalue weighted by Gasteiger charge is -2.03. The standard InChI is InChI=1S/C5H9IO2/c6-3-4-1-2-5(7)8-4/h4-5,7H,1-3H2. The molecule has 0 radical (unpaired) electrons. The summed E-state index contributed by atoms with van der Waals surface area (Å²) in [5.74, 6) is 0. The summed E-state index contributed by atoms with van der Waals surface area (Å²) in [6.45, 7) is 0. The van der Waals surface area contributed by atoms with Gasteiger partial charge in [0.2, 0.25) is 0 Å². The molecule has 0 aromatic rings. The smallest absolute Gasteiger partial charge is 0.155 e. The number of ether oxygens (including phenoxy) is 1. The van der Waals surface area contributed by atoms with Gasteiger partial charge in [-0.3, -0.25) is 0 Å². The van der Waals surface area contributed by atoms with E-state index in [1.54, 1.807) is 0 Å². The third-order valence-electron chi connectivity index (χ3n) is 1.26. The van der Waals surface area contributed by atoms with Crippen molar-refractivity contribution in [1.29, 1.82) is 0 Å². The number of aliphatic hydroxyl groups excluding tert-OH is 1. The Morgan fingerprint density at radius 3 is 2.62 bits per heavy atom. The molecule has 48 valence electrons. The summed E-state index contributed by atoms with van der Waals surface area (Å²) in [5.41, 5.74) is 0. The molecular weight excluding hydrogens is 219 g/mol. The van der Waals surface area contributed by atoms with Gasteiger partial charge in [0.1, 0.15) is 0 Å². The van der Waals surface area contributed by atoms with Gasteiger partial charge in [0.25, 0.3) is 0 Å². The average molecular weight is 228 g/mol. The van der Waals surface area contributed by atoms with Crippen molar-refractivity contribution in [2.24, 2.45) is 0 Å². The van der Waals surface area contributed by atoms with Gasteiger partial charge in [-0.1, -0.05) is 22.6 Å². The number of hydrogen-bond acceptors (Lipinski definition) is 2. The van der Waals surface area contributed by atoms with E-state index >= 15 is 0 Å². The van der Waals surface area contributed by atoms with Gasteiger partial charge in [0, 0.05) is 10.8 Å². The molecule has 1 rings (SSSR count). The maximum Gasteiger partial charge on any atom is 0.155 e. The van der Waals surface area contributed by atoms with Crippen LogP contribution < -0.4 is 0 Å². The summed E-state index contributed by atoms with van der Waals surface area (Å²) in [7, 11) is 0. The van der Waals surface area contributed by atoms with Crippen LogP contribution in [0, 0.1) is 0 Å². The van der Waals surface area contributed by atoms with Crippen LogP contribution in [0.2, 0.25) is 0 Å². The molecule has 0 spiro atoms. The summed E-state index contributed by atoms with van der Waals surface area (Å²) in [5, 5.41) is 8.81. The highest BCUT2D eigenvalue weighted by Gasteiger charge is 2.21. The van der Waals surface area contributed by atoms with Gasteiger partial charge in [0.05, 0.1) is 6.10 Å². The van der Waals surface area contributed by atoms with Crippen LogP contribution in [0.1, 0.15) is 12.8 Å². The van der Waals surface area contributed by atoms with Crippen LogP contribution in [0.3, 0.4) is 0 Å². The Labute approximate surface area is 62.4 Å². The number of alkyl halides is 1. The minimum absolute atomic E-state index is 0.311. The van der Waals surface area contributed by atoms with Crippen LogP contribution >= 0.6 is 22.6 Å². The van der Waals surface area contributed by atoms with E-state index in [0.29, 0.717) is 6.10 Å².